The number of benzene rings is 2. The molecule has 33 heavy (non-hydrogen) atoms. The molecule has 1 atom stereocenters. The maximum atomic E-state index is 13.6. The molecule has 0 radical (unpaired) electrons. The molecule has 2 aromatic carbocycles. The van der Waals surface area contributed by atoms with Crippen molar-refractivity contribution in [1.29, 1.82) is 0 Å². The summed E-state index contributed by atoms with van der Waals surface area (Å²) in [6.45, 7) is 3.40. The lowest BCUT2D eigenvalue weighted by molar-refractivity contribution is 0.0695. The number of fused-ring (bicyclic) bond motifs is 2. The van der Waals surface area contributed by atoms with Gasteiger partial charge in [0.1, 0.15) is 5.58 Å². The fraction of sp³-hybridized carbons (Fsp3) is 0.360. The zero-order valence-electron chi connectivity index (χ0n) is 19.2. The van der Waals surface area contributed by atoms with Crippen molar-refractivity contribution in [2.75, 3.05) is 41.1 Å². The lowest BCUT2D eigenvalue weighted by Gasteiger charge is -2.26. The summed E-state index contributed by atoms with van der Waals surface area (Å²) in [5, 5.41) is 0.428. The van der Waals surface area contributed by atoms with Crippen LogP contribution >= 0.6 is 0 Å². The van der Waals surface area contributed by atoms with Crippen LogP contribution in [0.5, 0.6) is 17.2 Å². The molecule has 0 spiro atoms. The minimum absolute atomic E-state index is 0.0638. The second-order valence-corrected chi connectivity index (χ2v) is 7.58. The predicted molar refractivity (Wildman–Crippen MR) is 123 cm³/mol. The maximum absolute atomic E-state index is 13.6. The lowest BCUT2D eigenvalue weighted by atomic mass is 9.97. The Hall–Kier alpha value is -3.52. The highest BCUT2D eigenvalue weighted by atomic mass is 16.5. The molecule has 8 nitrogen and oxygen atoms in total. The van der Waals surface area contributed by atoms with Crippen molar-refractivity contribution in [2.45, 2.75) is 19.4 Å². The largest absolute Gasteiger partial charge is 0.493 e. The fourth-order valence-electron chi connectivity index (χ4n) is 4.28. The Labute approximate surface area is 191 Å². The van der Waals surface area contributed by atoms with Crippen LogP contribution in [-0.2, 0) is 4.74 Å². The number of methoxy groups -OCH3 is 3. The first-order valence-electron chi connectivity index (χ1n) is 10.8. The number of hydrogen-bond donors (Lipinski definition) is 0. The molecule has 1 aliphatic rings. The van der Waals surface area contributed by atoms with Gasteiger partial charge >= 0.3 is 0 Å². The van der Waals surface area contributed by atoms with E-state index in [4.69, 9.17) is 23.4 Å². The minimum atomic E-state index is -0.663. The molecule has 8 heteroatoms. The van der Waals surface area contributed by atoms with Gasteiger partial charge in [-0.2, -0.15) is 0 Å². The van der Waals surface area contributed by atoms with Crippen LogP contribution in [0.15, 0.2) is 45.6 Å². The fourth-order valence-corrected chi connectivity index (χ4v) is 4.28. The van der Waals surface area contributed by atoms with Gasteiger partial charge in [0.25, 0.3) is 5.91 Å². The van der Waals surface area contributed by atoms with Gasteiger partial charge < -0.3 is 28.3 Å². The van der Waals surface area contributed by atoms with Crippen LogP contribution in [0, 0.1) is 0 Å². The average molecular weight is 453 g/mol. The van der Waals surface area contributed by atoms with Crippen molar-refractivity contribution < 1.29 is 28.2 Å². The third-order valence-corrected chi connectivity index (χ3v) is 5.77. The predicted octanol–water partition coefficient (Wildman–Crippen LogP) is 3.79. The van der Waals surface area contributed by atoms with Crippen LogP contribution in [0.1, 0.15) is 41.1 Å². The molecule has 0 saturated heterocycles. The van der Waals surface area contributed by atoms with Crippen molar-refractivity contribution in [3.8, 4) is 17.2 Å². The van der Waals surface area contributed by atoms with Crippen LogP contribution in [0.2, 0.25) is 0 Å². The van der Waals surface area contributed by atoms with Crippen molar-refractivity contribution in [2.24, 2.45) is 0 Å². The van der Waals surface area contributed by atoms with E-state index in [0.717, 1.165) is 0 Å². The summed E-state index contributed by atoms with van der Waals surface area (Å²) >= 11 is 0. The van der Waals surface area contributed by atoms with Gasteiger partial charge in [-0.25, -0.2) is 0 Å². The van der Waals surface area contributed by atoms with E-state index in [1.807, 2.05) is 6.92 Å². The maximum Gasteiger partial charge on any atom is 0.290 e. The highest BCUT2D eigenvalue weighted by Gasteiger charge is 2.43. The molecule has 2 heterocycles. The van der Waals surface area contributed by atoms with Gasteiger partial charge in [-0.05, 0) is 43.2 Å². The second-order valence-electron chi connectivity index (χ2n) is 7.58. The van der Waals surface area contributed by atoms with Crippen LogP contribution in [-0.4, -0.2) is 51.9 Å². The normalized spacial score (nSPS) is 15.1. The van der Waals surface area contributed by atoms with Gasteiger partial charge in [0, 0.05) is 19.8 Å². The van der Waals surface area contributed by atoms with Gasteiger partial charge in [0.2, 0.25) is 11.5 Å². The first-order valence-corrected chi connectivity index (χ1v) is 10.8. The molecule has 0 aliphatic carbocycles. The summed E-state index contributed by atoms with van der Waals surface area (Å²) < 4.78 is 27.9. The molecule has 4 rings (SSSR count). The zero-order chi connectivity index (χ0) is 23.5. The van der Waals surface area contributed by atoms with Gasteiger partial charge in [-0.1, -0.05) is 12.1 Å². The molecule has 0 unspecified atom stereocenters. The number of ether oxygens (including phenoxy) is 4. The van der Waals surface area contributed by atoms with Crippen LogP contribution in [0.4, 0.5) is 0 Å². The molecule has 1 aromatic heterocycles. The van der Waals surface area contributed by atoms with E-state index in [1.165, 1.54) is 21.3 Å². The Morgan fingerprint density at radius 1 is 1.00 bits per heavy atom. The summed E-state index contributed by atoms with van der Waals surface area (Å²) in [5.74, 6) is 1.04. The first kappa shape index (κ1) is 22.7. The second kappa shape index (κ2) is 9.54. The molecular weight excluding hydrogens is 426 g/mol. The number of carbonyl (C=O) groups excluding carboxylic acids is 1. The molecule has 0 saturated carbocycles. The van der Waals surface area contributed by atoms with E-state index in [0.29, 0.717) is 65.5 Å². The molecule has 1 aliphatic heterocycles. The lowest BCUT2D eigenvalue weighted by Crippen LogP contribution is -2.31. The van der Waals surface area contributed by atoms with Gasteiger partial charge in [0.15, 0.2) is 16.9 Å². The van der Waals surface area contributed by atoms with Crippen LogP contribution in [0.3, 0.4) is 0 Å². The monoisotopic (exact) mass is 453 g/mol. The smallest absolute Gasteiger partial charge is 0.290 e. The molecule has 1 amide bonds. The molecule has 174 valence electrons. The average Bonchev–Trinajstić information content (AvgIpc) is 3.12. The Morgan fingerprint density at radius 3 is 2.33 bits per heavy atom. The Kier molecular flexibility index (Phi) is 6.55. The molecule has 3 aromatic rings. The highest BCUT2D eigenvalue weighted by molar-refractivity contribution is 5.99. The summed E-state index contributed by atoms with van der Waals surface area (Å²) in [6, 6.07) is 9.80. The number of amides is 1. The van der Waals surface area contributed by atoms with E-state index in [-0.39, 0.29) is 17.1 Å². The van der Waals surface area contributed by atoms with Crippen LogP contribution < -0.4 is 19.6 Å². The summed E-state index contributed by atoms with van der Waals surface area (Å²) in [4.78, 5) is 28.6. The number of rotatable bonds is 9. The number of hydrogen-bond acceptors (Lipinski definition) is 7. The first-order chi connectivity index (χ1) is 16.0. The number of carbonyl (C=O) groups is 1. The summed E-state index contributed by atoms with van der Waals surface area (Å²) in [5.41, 5.74) is 1.13. The molecule has 0 N–H and O–H groups in total. The van der Waals surface area contributed by atoms with Crippen LogP contribution in [0.25, 0.3) is 11.0 Å². The van der Waals surface area contributed by atoms with Gasteiger partial charge in [-0.15, -0.1) is 0 Å². The van der Waals surface area contributed by atoms with Gasteiger partial charge in [-0.3, -0.25) is 9.59 Å². The number of nitrogens with zero attached hydrogens (tertiary/aromatic N) is 1. The highest BCUT2D eigenvalue weighted by Crippen LogP contribution is 2.45. The minimum Gasteiger partial charge on any atom is -0.493 e. The van der Waals surface area contributed by atoms with Gasteiger partial charge in [0.05, 0.1) is 38.3 Å². The summed E-state index contributed by atoms with van der Waals surface area (Å²) in [7, 11) is 4.57. The third-order valence-electron chi connectivity index (χ3n) is 5.77. The standard InChI is InChI=1S/C25H27NO7/c1-5-32-12-8-11-26-21(15-13-18(29-2)23(31-4)19(14-15)30-3)20-22(27)16-9-6-7-10-17(16)33-24(20)25(26)28/h6-7,9-10,13-14,21H,5,8,11-12H2,1-4H3/t21-/m1/s1. The number of para-hydroxylation sites is 1. The van der Waals surface area contributed by atoms with E-state index in [9.17, 15) is 9.59 Å². The van der Waals surface area contributed by atoms with E-state index in [2.05, 4.69) is 0 Å². The molecular formula is C25H27NO7. The summed E-state index contributed by atoms with van der Waals surface area (Å²) in [6.07, 6.45) is 0.613. The Morgan fingerprint density at radius 2 is 1.70 bits per heavy atom. The van der Waals surface area contributed by atoms with E-state index >= 15 is 0 Å². The molecule has 0 bridgehead atoms. The van der Waals surface area contributed by atoms with Crippen molar-refractivity contribution >= 4 is 16.9 Å². The van der Waals surface area contributed by atoms with E-state index < -0.39 is 6.04 Å². The Balaban J connectivity index is 1.91. The molecule has 0 fully saturated rings. The quantitative estimate of drug-likeness (QED) is 0.456. The van der Waals surface area contributed by atoms with Crippen molar-refractivity contribution in [3.63, 3.8) is 0 Å². The topological polar surface area (TPSA) is 87.4 Å². The van der Waals surface area contributed by atoms with E-state index in [1.54, 1.807) is 41.3 Å². The SMILES string of the molecule is CCOCCCN1C(=O)c2oc3ccccc3c(=O)c2[C@H]1c1cc(OC)c(OC)c(OC)c1. The van der Waals surface area contributed by atoms with Crippen molar-refractivity contribution in [1.82, 2.24) is 4.90 Å². The van der Waals surface area contributed by atoms with Crippen molar-refractivity contribution in [3.05, 3.63) is 63.5 Å². The Bertz CT molecular complexity index is 1210. The zero-order valence-corrected chi connectivity index (χ0v) is 19.2. The third kappa shape index (κ3) is 3.91.